The Labute approximate surface area is 195 Å². The van der Waals surface area contributed by atoms with E-state index in [0.717, 1.165) is 16.8 Å². The zero-order chi connectivity index (χ0) is 22.3. The Balaban J connectivity index is 1.38. The molecule has 1 aliphatic carbocycles. The van der Waals surface area contributed by atoms with Gasteiger partial charge in [-0.05, 0) is 43.5 Å². The summed E-state index contributed by atoms with van der Waals surface area (Å²) in [5, 5.41) is 3.82. The summed E-state index contributed by atoms with van der Waals surface area (Å²) in [6.07, 6.45) is 16.8. The average Bonchev–Trinajstić information content (AvgIpc) is 2.80. The second kappa shape index (κ2) is 10.7. The van der Waals surface area contributed by atoms with E-state index in [1.54, 1.807) is 18.3 Å². The van der Waals surface area contributed by atoms with Crippen LogP contribution in [0.3, 0.4) is 0 Å². The number of hydrogen-bond acceptors (Lipinski definition) is 6. The second-order valence-corrected chi connectivity index (χ2v) is 9.29. The van der Waals surface area contributed by atoms with Gasteiger partial charge in [-0.25, -0.2) is 19.2 Å². The molecule has 1 aliphatic rings. The fourth-order valence-electron chi connectivity index (χ4n) is 3.57. The summed E-state index contributed by atoms with van der Waals surface area (Å²) < 4.78 is 15.4. The molecule has 166 valence electrons. The van der Waals surface area contributed by atoms with Gasteiger partial charge in [0.05, 0.1) is 9.92 Å². The summed E-state index contributed by atoms with van der Waals surface area (Å²) in [7, 11) is -1.55. The molecule has 7 nitrogen and oxygen atoms in total. The lowest BCUT2D eigenvalue weighted by Crippen LogP contribution is -2.23. The second-order valence-electron chi connectivity index (χ2n) is 7.70. The van der Waals surface area contributed by atoms with E-state index in [1.165, 1.54) is 38.3 Å². The zero-order valence-corrected chi connectivity index (χ0v) is 19.4. The standard InChI is InChI=1S/C23H25ClN6OS/c1-16-18(9-10-22(28-16)30-32(31)21-15-25-12-11-20(21)24)8-7-17-13-26-23(27-14-17)29-19-5-3-2-4-6-19/h7-15,19H,2-6H2,1H3,(H,28,30)(H,26,27,29)/b8-7+. The van der Waals surface area contributed by atoms with Crippen molar-refractivity contribution in [2.75, 3.05) is 10.0 Å². The van der Waals surface area contributed by atoms with E-state index < -0.39 is 11.0 Å². The highest BCUT2D eigenvalue weighted by Crippen LogP contribution is 2.21. The lowest BCUT2D eigenvalue weighted by atomic mass is 9.96. The molecule has 3 aromatic heterocycles. The first kappa shape index (κ1) is 22.4. The van der Waals surface area contributed by atoms with Gasteiger partial charge >= 0.3 is 0 Å². The third-order valence-electron chi connectivity index (χ3n) is 5.32. The minimum atomic E-state index is -1.55. The molecule has 2 N–H and O–H groups in total. The van der Waals surface area contributed by atoms with Crippen molar-refractivity contribution in [1.29, 1.82) is 0 Å². The van der Waals surface area contributed by atoms with Crippen LogP contribution in [0.5, 0.6) is 0 Å². The van der Waals surface area contributed by atoms with E-state index in [9.17, 15) is 4.21 Å². The molecule has 1 atom stereocenters. The van der Waals surface area contributed by atoms with Crippen LogP contribution in [0.2, 0.25) is 5.02 Å². The number of anilines is 2. The van der Waals surface area contributed by atoms with Gasteiger partial charge in [0.25, 0.3) is 0 Å². The Morgan fingerprint density at radius 1 is 1.06 bits per heavy atom. The monoisotopic (exact) mass is 468 g/mol. The molecular weight excluding hydrogens is 444 g/mol. The van der Waals surface area contributed by atoms with Crippen molar-refractivity contribution in [3.63, 3.8) is 0 Å². The van der Waals surface area contributed by atoms with Gasteiger partial charge in [-0.3, -0.25) is 9.71 Å². The van der Waals surface area contributed by atoms with Crippen molar-refractivity contribution in [2.24, 2.45) is 0 Å². The molecule has 0 aromatic carbocycles. The third kappa shape index (κ3) is 5.89. The first-order chi connectivity index (χ1) is 15.6. The average molecular weight is 469 g/mol. The third-order valence-corrected chi connectivity index (χ3v) is 6.88. The first-order valence-electron chi connectivity index (χ1n) is 10.6. The molecule has 9 heteroatoms. The molecule has 3 aromatic rings. The molecule has 0 amide bonds. The molecular formula is C23H25ClN6OS. The van der Waals surface area contributed by atoms with E-state index in [1.807, 2.05) is 37.5 Å². The van der Waals surface area contributed by atoms with E-state index in [-0.39, 0.29) is 0 Å². The van der Waals surface area contributed by atoms with Crippen molar-refractivity contribution in [3.8, 4) is 0 Å². The van der Waals surface area contributed by atoms with Crippen LogP contribution in [0, 0.1) is 6.92 Å². The smallest absolute Gasteiger partial charge is 0.222 e. The molecule has 1 fully saturated rings. The molecule has 0 radical (unpaired) electrons. The molecule has 0 spiro atoms. The Kier molecular flexibility index (Phi) is 7.44. The first-order valence-corrected chi connectivity index (χ1v) is 12.1. The van der Waals surface area contributed by atoms with Crippen LogP contribution in [0.4, 0.5) is 11.8 Å². The molecule has 1 saturated carbocycles. The molecule has 0 saturated heterocycles. The van der Waals surface area contributed by atoms with Gasteiger partial charge < -0.3 is 5.32 Å². The van der Waals surface area contributed by atoms with E-state index >= 15 is 0 Å². The Morgan fingerprint density at radius 3 is 2.56 bits per heavy atom. The van der Waals surface area contributed by atoms with Gasteiger partial charge in [0.15, 0.2) is 11.0 Å². The highest BCUT2D eigenvalue weighted by atomic mass is 35.5. The summed E-state index contributed by atoms with van der Waals surface area (Å²) in [5.74, 6) is 1.18. The molecule has 1 unspecified atom stereocenters. The van der Waals surface area contributed by atoms with Crippen LogP contribution in [0.15, 0.2) is 47.9 Å². The number of pyridine rings is 2. The summed E-state index contributed by atoms with van der Waals surface area (Å²) >= 11 is 6.08. The molecule has 32 heavy (non-hydrogen) atoms. The highest BCUT2D eigenvalue weighted by Gasteiger charge is 2.14. The van der Waals surface area contributed by atoms with Crippen molar-refractivity contribution in [2.45, 2.75) is 50.0 Å². The largest absolute Gasteiger partial charge is 0.351 e. The van der Waals surface area contributed by atoms with Gasteiger partial charge in [-0.2, -0.15) is 0 Å². The fraction of sp³-hybridized carbons (Fsp3) is 0.304. The maximum absolute atomic E-state index is 12.5. The van der Waals surface area contributed by atoms with E-state index in [2.05, 4.69) is 30.0 Å². The number of aromatic nitrogens is 4. The summed E-state index contributed by atoms with van der Waals surface area (Å²) in [5.41, 5.74) is 2.66. The highest BCUT2D eigenvalue weighted by molar-refractivity contribution is 7.86. The molecule has 0 bridgehead atoms. The number of hydrogen-bond donors (Lipinski definition) is 2. The van der Waals surface area contributed by atoms with Crippen molar-refractivity contribution < 1.29 is 4.21 Å². The predicted molar refractivity (Wildman–Crippen MR) is 130 cm³/mol. The summed E-state index contributed by atoms with van der Waals surface area (Å²) in [6.45, 7) is 1.90. The van der Waals surface area contributed by atoms with Crippen molar-refractivity contribution in [3.05, 3.63) is 64.8 Å². The minimum absolute atomic E-state index is 0.393. The summed E-state index contributed by atoms with van der Waals surface area (Å²) in [4.78, 5) is 17.8. The normalized spacial score (nSPS) is 15.6. The Bertz CT molecular complexity index is 1120. The predicted octanol–water partition coefficient (Wildman–Crippen LogP) is 5.28. The SMILES string of the molecule is Cc1nc(NS(=O)c2cnccc2Cl)ccc1/C=C/c1cnc(NC2CCCCC2)nc1. The lowest BCUT2D eigenvalue weighted by Gasteiger charge is -2.22. The summed E-state index contributed by atoms with van der Waals surface area (Å²) in [6, 6.07) is 5.78. The van der Waals surface area contributed by atoms with Crippen LogP contribution in [-0.4, -0.2) is 30.2 Å². The van der Waals surface area contributed by atoms with Gasteiger partial charge in [-0.1, -0.05) is 43.0 Å². The van der Waals surface area contributed by atoms with Crippen LogP contribution >= 0.6 is 11.6 Å². The van der Waals surface area contributed by atoms with Gasteiger partial charge in [-0.15, -0.1) is 0 Å². The van der Waals surface area contributed by atoms with Crippen LogP contribution in [0.25, 0.3) is 12.2 Å². The van der Waals surface area contributed by atoms with Crippen molar-refractivity contribution in [1.82, 2.24) is 19.9 Å². The van der Waals surface area contributed by atoms with Crippen LogP contribution in [0.1, 0.15) is 48.9 Å². The van der Waals surface area contributed by atoms with Crippen LogP contribution in [-0.2, 0) is 11.0 Å². The number of nitrogens with zero attached hydrogens (tertiary/aromatic N) is 4. The molecule has 4 rings (SSSR count). The van der Waals surface area contributed by atoms with Gasteiger partial charge in [0, 0.05) is 42.1 Å². The number of rotatable bonds is 7. The topological polar surface area (TPSA) is 92.7 Å². The van der Waals surface area contributed by atoms with E-state index in [0.29, 0.717) is 27.7 Å². The quantitative estimate of drug-likeness (QED) is 0.490. The number of aryl methyl sites for hydroxylation is 1. The zero-order valence-electron chi connectivity index (χ0n) is 17.8. The van der Waals surface area contributed by atoms with Gasteiger partial charge in [0.2, 0.25) is 5.95 Å². The number of nitrogens with one attached hydrogen (secondary N) is 2. The van der Waals surface area contributed by atoms with E-state index in [4.69, 9.17) is 11.6 Å². The lowest BCUT2D eigenvalue weighted by molar-refractivity contribution is 0.461. The minimum Gasteiger partial charge on any atom is -0.351 e. The maximum atomic E-state index is 12.5. The van der Waals surface area contributed by atoms with Crippen LogP contribution < -0.4 is 10.0 Å². The Morgan fingerprint density at radius 2 is 1.84 bits per heavy atom. The van der Waals surface area contributed by atoms with Gasteiger partial charge in [0.1, 0.15) is 5.82 Å². The maximum Gasteiger partial charge on any atom is 0.222 e. The molecule has 0 aliphatic heterocycles. The Hall–Kier alpha value is -2.84. The van der Waals surface area contributed by atoms with Crippen molar-refractivity contribution >= 4 is 46.5 Å². The fourth-order valence-corrected chi connectivity index (χ4v) is 4.70. The number of halogens is 1. The molecule has 3 heterocycles.